The Morgan fingerprint density at radius 3 is 2.60 bits per heavy atom. The smallest absolute Gasteiger partial charge is 0.258 e. The average Bonchev–Trinajstić information content (AvgIpc) is 2.43. The van der Waals surface area contributed by atoms with Gasteiger partial charge < -0.3 is 10.0 Å². The lowest BCUT2D eigenvalue weighted by atomic mass is 10.1. The number of likely N-dealkylation sites (N-methyl/N-ethyl adjacent to an activating group) is 1. The van der Waals surface area contributed by atoms with Crippen molar-refractivity contribution in [2.24, 2.45) is 0 Å². The minimum absolute atomic E-state index is 0.114. The highest BCUT2D eigenvalue weighted by atomic mass is 127. The first-order valence-electron chi connectivity index (χ1n) is 4.53. The Hall–Kier alpha value is -1.04. The van der Waals surface area contributed by atoms with Gasteiger partial charge in [-0.2, -0.15) is 0 Å². The summed E-state index contributed by atoms with van der Waals surface area (Å²) in [6, 6.07) is 7.54. The second-order valence-electron chi connectivity index (χ2n) is 3.46. The summed E-state index contributed by atoms with van der Waals surface area (Å²) in [5.74, 6) is 0.0447. The molecule has 1 aliphatic rings. The summed E-state index contributed by atoms with van der Waals surface area (Å²) in [4.78, 5) is 13.3. The van der Waals surface area contributed by atoms with Crippen molar-refractivity contribution in [2.45, 2.75) is 0 Å². The Morgan fingerprint density at radius 1 is 1.40 bits per heavy atom. The van der Waals surface area contributed by atoms with Gasteiger partial charge in [0.2, 0.25) is 0 Å². The molecular formula is C11H10INO2. The molecule has 0 radical (unpaired) electrons. The van der Waals surface area contributed by atoms with Crippen LogP contribution in [0.5, 0.6) is 0 Å². The standard InChI is InChI=1S/C11H10INO2/c1-13-6-9(14)10(11(13)15)7-4-2-3-5-8(7)12/h2-5,14H,6H2,1H3. The van der Waals surface area contributed by atoms with Gasteiger partial charge in [0, 0.05) is 16.2 Å². The van der Waals surface area contributed by atoms with E-state index in [-0.39, 0.29) is 11.7 Å². The summed E-state index contributed by atoms with van der Waals surface area (Å²) in [5.41, 5.74) is 1.24. The molecule has 0 unspecified atom stereocenters. The number of benzene rings is 1. The third kappa shape index (κ3) is 1.73. The second kappa shape index (κ2) is 3.84. The fourth-order valence-electron chi connectivity index (χ4n) is 1.62. The summed E-state index contributed by atoms with van der Waals surface area (Å²) in [7, 11) is 1.68. The zero-order valence-electron chi connectivity index (χ0n) is 8.20. The molecule has 0 bridgehead atoms. The number of hydrogen-bond acceptors (Lipinski definition) is 2. The summed E-state index contributed by atoms with van der Waals surface area (Å²) < 4.78 is 0.973. The van der Waals surface area contributed by atoms with Crippen LogP contribution in [0.15, 0.2) is 30.0 Å². The SMILES string of the molecule is CN1CC(O)=C(c2ccccc2I)C1=O. The topological polar surface area (TPSA) is 40.5 Å². The van der Waals surface area contributed by atoms with Crippen molar-refractivity contribution in [3.63, 3.8) is 0 Å². The van der Waals surface area contributed by atoms with Gasteiger partial charge in [-0.15, -0.1) is 0 Å². The molecule has 78 valence electrons. The molecule has 0 saturated carbocycles. The van der Waals surface area contributed by atoms with Crippen molar-refractivity contribution >= 4 is 34.1 Å². The van der Waals surface area contributed by atoms with E-state index in [9.17, 15) is 9.90 Å². The van der Waals surface area contributed by atoms with Crippen LogP contribution in [-0.2, 0) is 4.79 Å². The van der Waals surface area contributed by atoms with Crippen LogP contribution in [0.1, 0.15) is 5.56 Å². The first kappa shape index (κ1) is 10.5. The van der Waals surface area contributed by atoms with Crippen LogP contribution in [0.3, 0.4) is 0 Å². The largest absolute Gasteiger partial charge is 0.510 e. The fourth-order valence-corrected chi connectivity index (χ4v) is 2.28. The van der Waals surface area contributed by atoms with Crippen LogP contribution in [0.2, 0.25) is 0 Å². The summed E-state index contributed by atoms with van der Waals surface area (Å²) >= 11 is 2.16. The number of halogens is 1. The predicted octanol–water partition coefficient (Wildman–Crippen LogP) is 2.03. The van der Waals surface area contributed by atoms with Gasteiger partial charge in [0.25, 0.3) is 5.91 Å². The molecule has 0 saturated heterocycles. The van der Waals surface area contributed by atoms with Gasteiger partial charge in [-0.3, -0.25) is 4.79 Å². The molecule has 4 heteroatoms. The molecule has 2 rings (SSSR count). The molecule has 1 aliphatic heterocycles. The van der Waals surface area contributed by atoms with Gasteiger partial charge in [-0.1, -0.05) is 18.2 Å². The van der Waals surface area contributed by atoms with E-state index in [1.165, 1.54) is 4.90 Å². The Labute approximate surface area is 102 Å². The zero-order valence-corrected chi connectivity index (χ0v) is 10.4. The Kier molecular flexibility index (Phi) is 2.68. The molecule has 0 atom stereocenters. The molecule has 0 fully saturated rings. The third-order valence-electron chi connectivity index (χ3n) is 2.38. The maximum Gasteiger partial charge on any atom is 0.258 e. The summed E-state index contributed by atoms with van der Waals surface area (Å²) in [6.07, 6.45) is 0. The number of aliphatic hydroxyl groups is 1. The molecule has 1 amide bonds. The molecule has 15 heavy (non-hydrogen) atoms. The number of amides is 1. The average molecular weight is 315 g/mol. The van der Waals surface area contributed by atoms with Crippen LogP contribution < -0.4 is 0 Å². The minimum atomic E-state index is -0.114. The van der Waals surface area contributed by atoms with Crippen LogP contribution in [-0.4, -0.2) is 29.5 Å². The van der Waals surface area contributed by atoms with Gasteiger partial charge in [0.05, 0.1) is 12.1 Å². The van der Waals surface area contributed by atoms with Gasteiger partial charge in [-0.25, -0.2) is 0 Å². The zero-order chi connectivity index (χ0) is 11.0. The number of hydrogen-bond donors (Lipinski definition) is 1. The number of carbonyl (C=O) groups is 1. The van der Waals surface area contributed by atoms with E-state index in [1.807, 2.05) is 24.3 Å². The van der Waals surface area contributed by atoms with Crippen molar-refractivity contribution in [1.29, 1.82) is 0 Å². The Balaban J connectivity index is 2.53. The maximum absolute atomic E-state index is 11.8. The molecule has 0 spiro atoms. The van der Waals surface area contributed by atoms with E-state index in [0.29, 0.717) is 12.1 Å². The molecule has 1 N–H and O–H groups in total. The van der Waals surface area contributed by atoms with Crippen LogP contribution in [0, 0.1) is 3.57 Å². The monoisotopic (exact) mass is 315 g/mol. The highest BCUT2D eigenvalue weighted by Gasteiger charge is 2.29. The lowest BCUT2D eigenvalue weighted by molar-refractivity contribution is -0.122. The predicted molar refractivity (Wildman–Crippen MR) is 66.3 cm³/mol. The Bertz CT molecular complexity index is 454. The molecule has 0 aliphatic carbocycles. The van der Waals surface area contributed by atoms with E-state index < -0.39 is 0 Å². The van der Waals surface area contributed by atoms with E-state index >= 15 is 0 Å². The number of carbonyl (C=O) groups excluding carboxylic acids is 1. The van der Waals surface area contributed by atoms with Crippen molar-refractivity contribution in [3.8, 4) is 0 Å². The molecule has 1 aromatic carbocycles. The van der Waals surface area contributed by atoms with Gasteiger partial charge in [0.1, 0.15) is 5.76 Å². The van der Waals surface area contributed by atoms with E-state index in [1.54, 1.807) is 7.05 Å². The van der Waals surface area contributed by atoms with E-state index in [2.05, 4.69) is 22.6 Å². The van der Waals surface area contributed by atoms with Crippen molar-refractivity contribution in [1.82, 2.24) is 4.90 Å². The lowest BCUT2D eigenvalue weighted by Crippen LogP contribution is -2.21. The molecule has 1 heterocycles. The van der Waals surface area contributed by atoms with Crippen molar-refractivity contribution in [2.75, 3.05) is 13.6 Å². The lowest BCUT2D eigenvalue weighted by Gasteiger charge is -2.08. The highest BCUT2D eigenvalue weighted by Crippen LogP contribution is 2.28. The molecular weight excluding hydrogens is 305 g/mol. The van der Waals surface area contributed by atoms with Gasteiger partial charge >= 0.3 is 0 Å². The maximum atomic E-state index is 11.8. The van der Waals surface area contributed by atoms with Crippen molar-refractivity contribution < 1.29 is 9.90 Å². The highest BCUT2D eigenvalue weighted by molar-refractivity contribution is 14.1. The van der Waals surface area contributed by atoms with Gasteiger partial charge in [0.15, 0.2) is 0 Å². The Morgan fingerprint density at radius 2 is 2.07 bits per heavy atom. The van der Waals surface area contributed by atoms with E-state index in [0.717, 1.165) is 9.13 Å². The van der Waals surface area contributed by atoms with E-state index in [4.69, 9.17) is 0 Å². The fraction of sp³-hybridized carbons (Fsp3) is 0.182. The van der Waals surface area contributed by atoms with Gasteiger partial charge in [-0.05, 0) is 28.7 Å². The normalized spacial score (nSPS) is 16.4. The first-order valence-corrected chi connectivity index (χ1v) is 5.61. The first-order chi connectivity index (χ1) is 7.11. The summed E-state index contributed by atoms with van der Waals surface area (Å²) in [6.45, 7) is 0.305. The van der Waals surface area contributed by atoms with Crippen LogP contribution in [0.25, 0.3) is 5.57 Å². The molecule has 0 aromatic heterocycles. The van der Waals surface area contributed by atoms with Crippen molar-refractivity contribution in [3.05, 3.63) is 39.2 Å². The molecule has 1 aromatic rings. The van der Waals surface area contributed by atoms with Crippen LogP contribution >= 0.6 is 22.6 Å². The summed E-state index contributed by atoms with van der Waals surface area (Å²) in [5, 5.41) is 9.72. The number of nitrogens with zero attached hydrogens (tertiary/aromatic N) is 1. The van der Waals surface area contributed by atoms with Crippen LogP contribution in [0.4, 0.5) is 0 Å². The molecule has 3 nitrogen and oxygen atoms in total. The third-order valence-corrected chi connectivity index (χ3v) is 3.32. The minimum Gasteiger partial charge on any atom is -0.510 e. The second-order valence-corrected chi connectivity index (χ2v) is 4.62. The number of aliphatic hydroxyl groups excluding tert-OH is 1. The quantitative estimate of drug-likeness (QED) is 0.806. The number of rotatable bonds is 1.